The summed E-state index contributed by atoms with van der Waals surface area (Å²) < 4.78 is 15.4. The van der Waals surface area contributed by atoms with Crippen LogP contribution in [0, 0.1) is 5.92 Å². The highest BCUT2D eigenvalue weighted by molar-refractivity contribution is 5.77. The van der Waals surface area contributed by atoms with Gasteiger partial charge < -0.3 is 44.9 Å². The van der Waals surface area contributed by atoms with Crippen LogP contribution in [0.2, 0.25) is 0 Å². The largest absolute Gasteiger partial charge is 0.394 e. The molecule has 0 spiro atoms. The zero-order chi connectivity index (χ0) is 29.6. The Kier molecular flexibility index (Phi) is 22.6. The number of unbranched alkanes of at least 4 members (excludes halogenated alkanes) is 4. The lowest BCUT2D eigenvalue weighted by Gasteiger charge is -2.40. The summed E-state index contributed by atoms with van der Waals surface area (Å²) in [5.74, 6) is -0.262. The van der Waals surface area contributed by atoms with Crippen molar-refractivity contribution >= 4 is 11.8 Å². The van der Waals surface area contributed by atoms with E-state index in [2.05, 4.69) is 10.1 Å². The van der Waals surface area contributed by atoms with E-state index in [1.165, 1.54) is 0 Å². The molecule has 0 aromatic carbocycles. The van der Waals surface area contributed by atoms with E-state index >= 15 is 0 Å². The predicted octanol–water partition coefficient (Wildman–Crippen LogP) is 1.59. The van der Waals surface area contributed by atoms with Gasteiger partial charge in [0.25, 0.3) is 0 Å². The standard InChI is InChI=1S/C24H44N2O8.C2H6O.C2H6/c1-17-22(31)23(32)19(16-28)34-24(17)33-14-7-3-4-10-20(29)25-12-6-2-5-11-21(30)26-13-8-9-18(26)15-27;1-3-2;1-2/h17-19,22-24,27-28,31-32H,2-16H2,1H3,(H,25,29);1-2H3;1-2H3/t17-,18-,19?,22+,23-,24?;;/m0../s1. The molecule has 6 atom stereocenters. The summed E-state index contributed by atoms with van der Waals surface area (Å²) in [7, 11) is 3.25. The van der Waals surface area contributed by atoms with Crippen molar-refractivity contribution in [3.05, 3.63) is 0 Å². The number of methoxy groups -OCH3 is 1. The number of carbonyl (C=O) groups excluding carboxylic acids is 2. The molecule has 2 aliphatic rings. The topological polar surface area (TPSA) is 158 Å². The van der Waals surface area contributed by atoms with Crippen molar-refractivity contribution in [1.82, 2.24) is 10.2 Å². The molecule has 2 saturated heterocycles. The number of hydrogen-bond acceptors (Lipinski definition) is 9. The summed E-state index contributed by atoms with van der Waals surface area (Å²) >= 11 is 0. The number of nitrogens with zero attached hydrogens (tertiary/aromatic N) is 1. The highest BCUT2D eigenvalue weighted by Crippen LogP contribution is 2.26. The number of rotatable bonds is 15. The van der Waals surface area contributed by atoms with E-state index < -0.39 is 30.5 Å². The molecule has 232 valence electrons. The van der Waals surface area contributed by atoms with Crippen LogP contribution >= 0.6 is 0 Å². The molecule has 39 heavy (non-hydrogen) atoms. The van der Waals surface area contributed by atoms with E-state index in [9.17, 15) is 30.0 Å². The van der Waals surface area contributed by atoms with E-state index in [0.717, 1.165) is 57.9 Å². The van der Waals surface area contributed by atoms with Crippen molar-refractivity contribution in [2.24, 2.45) is 5.92 Å². The maximum absolute atomic E-state index is 12.2. The minimum Gasteiger partial charge on any atom is -0.394 e. The molecule has 0 aliphatic carbocycles. The van der Waals surface area contributed by atoms with E-state index in [-0.39, 0.29) is 31.1 Å². The maximum atomic E-state index is 12.2. The predicted molar refractivity (Wildman–Crippen MR) is 149 cm³/mol. The molecule has 0 aromatic heterocycles. The lowest BCUT2D eigenvalue weighted by molar-refractivity contribution is -0.282. The molecule has 11 nitrogen and oxygen atoms in total. The Morgan fingerprint density at radius 2 is 1.59 bits per heavy atom. The van der Waals surface area contributed by atoms with Gasteiger partial charge in [-0.2, -0.15) is 0 Å². The third-order valence-corrected chi connectivity index (χ3v) is 6.82. The van der Waals surface area contributed by atoms with Crippen LogP contribution in [0.25, 0.3) is 0 Å². The van der Waals surface area contributed by atoms with Gasteiger partial charge in [0.1, 0.15) is 12.2 Å². The van der Waals surface area contributed by atoms with Gasteiger partial charge in [-0.3, -0.25) is 9.59 Å². The molecular formula is C28H56N2O9. The number of carbonyl (C=O) groups is 2. The minimum absolute atomic E-state index is 0.0111. The number of amides is 2. The van der Waals surface area contributed by atoms with Gasteiger partial charge >= 0.3 is 0 Å². The molecule has 2 aliphatic heterocycles. The first-order chi connectivity index (χ1) is 18.8. The Balaban J connectivity index is 0.00000269. The molecule has 0 bridgehead atoms. The first-order valence-corrected chi connectivity index (χ1v) is 14.6. The summed E-state index contributed by atoms with van der Waals surface area (Å²) in [5, 5.41) is 41.4. The number of aliphatic hydroxyl groups excluding tert-OH is 4. The quantitative estimate of drug-likeness (QED) is 0.186. The molecule has 2 rings (SSSR count). The Hall–Kier alpha value is -1.34. The van der Waals surface area contributed by atoms with Crippen LogP contribution in [-0.2, 0) is 23.8 Å². The average molecular weight is 565 g/mol. The molecule has 2 heterocycles. The fraction of sp³-hybridized carbons (Fsp3) is 0.929. The van der Waals surface area contributed by atoms with Crippen LogP contribution in [0.5, 0.6) is 0 Å². The second-order valence-electron chi connectivity index (χ2n) is 9.88. The summed E-state index contributed by atoms with van der Waals surface area (Å²) in [5.41, 5.74) is 0. The average Bonchev–Trinajstić information content (AvgIpc) is 3.43. The van der Waals surface area contributed by atoms with E-state index in [1.807, 2.05) is 13.8 Å². The van der Waals surface area contributed by atoms with Gasteiger partial charge in [0.2, 0.25) is 11.8 Å². The number of ether oxygens (including phenoxy) is 3. The van der Waals surface area contributed by atoms with Gasteiger partial charge in [0.15, 0.2) is 6.29 Å². The fourth-order valence-electron chi connectivity index (χ4n) is 4.57. The van der Waals surface area contributed by atoms with Crippen LogP contribution in [-0.4, -0.2) is 115 Å². The summed E-state index contributed by atoms with van der Waals surface area (Å²) in [6.45, 7) is 7.15. The molecule has 0 aromatic rings. The minimum atomic E-state index is -1.13. The Morgan fingerprint density at radius 3 is 2.23 bits per heavy atom. The van der Waals surface area contributed by atoms with Crippen molar-refractivity contribution in [2.75, 3.05) is 47.1 Å². The highest BCUT2D eigenvalue weighted by atomic mass is 16.7. The molecule has 2 amide bonds. The van der Waals surface area contributed by atoms with E-state index in [1.54, 1.807) is 26.0 Å². The first kappa shape index (κ1) is 37.7. The maximum Gasteiger partial charge on any atom is 0.222 e. The van der Waals surface area contributed by atoms with Crippen molar-refractivity contribution < 1.29 is 44.2 Å². The Morgan fingerprint density at radius 1 is 0.949 bits per heavy atom. The smallest absolute Gasteiger partial charge is 0.222 e. The Labute approximate surface area is 235 Å². The van der Waals surface area contributed by atoms with Crippen LogP contribution in [0.1, 0.15) is 85.0 Å². The van der Waals surface area contributed by atoms with Gasteiger partial charge in [-0.1, -0.05) is 33.6 Å². The van der Waals surface area contributed by atoms with Crippen molar-refractivity contribution in [3.63, 3.8) is 0 Å². The van der Waals surface area contributed by atoms with Crippen molar-refractivity contribution in [2.45, 2.75) is 116 Å². The number of hydrogen-bond donors (Lipinski definition) is 5. The molecule has 2 fully saturated rings. The summed E-state index contributed by atoms with van der Waals surface area (Å²) in [6.07, 6.45) is 3.93. The molecule has 2 unspecified atom stereocenters. The lowest BCUT2D eigenvalue weighted by atomic mass is 9.92. The third-order valence-electron chi connectivity index (χ3n) is 6.82. The number of aliphatic hydroxyl groups is 4. The zero-order valence-corrected chi connectivity index (χ0v) is 24.8. The van der Waals surface area contributed by atoms with E-state index in [4.69, 9.17) is 9.47 Å². The van der Waals surface area contributed by atoms with Crippen molar-refractivity contribution in [1.29, 1.82) is 0 Å². The van der Waals surface area contributed by atoms with Gasteiger partial charge in [-0.05, 0) is 38.5 Å². The third kappa shape index (κ3) is 14.7. The number of nitrogens with one attached hydrogen (secondary N) is 1. The van der Waals surface area contributed by atoms with Gasteiger partial charge in [0, 0.05) is 52.7 Å². The van der Waals surface area contributed by atoms with Crippen LogP contribution in [0.3, 0.4) is 0 Å². The zero-order valence-electron chi connectivity index (χ0n) is 24.8. The fourth-order valence-corrected chi connectivity index (χ4v) is 4.57. The lowest BCUT2D eigenvalue weighted by Crippen LogP contribution is -2.55. The summed E-state index contributed by atoms with van der Waals surface area (Å²) in [6, 6.07) is -0.0111. The van der Waals surface area contributed by atoms with Gasteiger partial charge in [0.05, 0.1) is 25.4 Å². The molecule has 5 N–H and O–H groups in total. The Bertz CT molecular complexity index is 624. The van der Waals surface area contributed by atoms with Crippen LogP contribution < -0.4 is 5.32 Å². The molecule has 11 heteroatoms. The number of likely N-dealkylation sites (tertiary alicyclic amines) is 1. The second kappa shape index (κ2) is 23.4. The van der Waals surface area contributed by atoms with Crippen molar-refractivity contribution in [3.8, 4) is 0 Å². The van der Waals surface area contributed by atoms with Gasteiger partial charge in [-0.15, -0.1) is 0 Å². The monoisotopic (exact) mass is 564 g/mol. The summed E-state index contributed by atoms with van der Waals surface area (Å²) in [4.78, 5) is 26.0. The SMILES string of the molecule is CC.COC.C[C@@H]1C(OCCCCCC(=O)NCCCCCC(=O)N2CCC[C@H]2CO)OC(CO)[C@H](O)[C@@H]1O. The van der Waals surface area contributed by atoms with E-state index in [0.29, 0.717) is 26.0 Å². The van der Waals surface area contributed by atoms with Crippen LogP contribution in [0.15, 0.2) is 0 Å². The highest BCUT2D eigenvalue weighted by Gasteiger charge is 2.42. The molecule has 0 radical (unpaired) electrons. The van der Waals surface area contributed by atoms with Gasteiger partial charge in [-0.25, -0.2) is 0 Å². The normalized spacial score (nSPS) is 26.2. The van der Waals surface area contributed by atoms with Crippen LogP contribution in [0.4, 0.5) is 0 Å². The molecule has 0 saturated carbocycles. The second-order valence-corrected chi connectivity index (χ2v) is 9.88. The molecular weight excluding hydrogens is 508 g/mol. The first-order valence-electron chi connectivity index (χ1n) is 14.6.